The van der Waals surface area contributed by atoms with Crippen molar-refractivity contribution in [3.05, 3.63) is 35.9 Å². The first kappa shape index (κ1) is 19.2. The fourth-order valence-corrected chi connectivity index (χ4v) is 4.87. The van der Waals surface area contributed by atoms with Crippen molar-refractivity contribution in [2.75, 3.05) is 39.3 Å². The minimum atomic E-state index is -0.738. The van der Waals surface area contributed by atoms with Crippen LogP contribution < -0.4 is 0 Å². The van der Waals surface area contributed by atoms with Gasteiger partial charge in [-0.05, 0) is 37.7 Å². The molecule has 3 amide bonds. The molecule has 6 heteroatoms. The number of nitrogens with zero attached hydrogens (tertiary/aromatic N) is 3. The molecular formula is C22H31N3O3. The van der Waals surface area contributed by atoms with Crippen LogP contribution in [0.1, 0.15) is 37.7 Å². The third kappa shape index (κ3) is 4.02. The second-order valence-electron chi connectivity index (χ2n) is 8.55. The molecule has 0 aliphatic carbocycles. The Morgan fingerprint density at radius 3 is 2.29 bits per heavy atom. The topological polar surface area (TPSA) is 64.1 Å². The number of hydrogen-bond donors (Lipinski definition) is 1. The zero-order valence-corrected chi connectivity index (χ0v) is 16.6. The summed E-state index contributed by atoms with van der Waals surface area (Å²) in [4.78, 5) is 31.2. The first-order valence-corrected chi connectivity index (χ1v) is 10.6. The summed E-state index contributed by atoms with van der Waals surface area (Å²) in [7, 11) is 0. The Kier molecular flexibility index (Phi) is 5.58. The SMILES string of the molecule is O=C(CCc1ccccc1)N1CC[C@@]2(O)CCN(C(=O)N3CCCC3)C[C@H]2C1. The molecule has 3 heterocycles. The zero-order valence-electron chi connectivity index (χ0n) is 16.6. The van der Waals surface area contributed by atoms with Crippen LogP contribution in [0.25, 0.3) is 0 Å². The van der Waals surface area contributed by atoms with Crippen LogP contribution in [0.15, 0.2) is 30.3 Å². The van der Waals surface area contributed by atoms with E-state index >= 15 is 0 Å². The van der Waals surface area contributed by atoms with Gasteiger partial charge in [0.15, 0.2) is 0 Å². The lowest BCUT2D eigenvalue weighted by Crippen LogP contribution is -2.62. The maximum Gasteiger partial charge on any atom is 0.320 e. The summed E-state index contributed by atoms with van der Waals surface area (Å²) in [5.74, 6) is 0.0936. The Morgan fingerprint density at radius 2 is 1.57 bits per heavy atom. The first-order chi connectivity index (χ1) is 13.5. The minimum Gasteiger partial charge on any atom is -0.389 e. The van der Waals surface area contributed by atoms with Crippen molar-refractivity contribution in [3.63, 3.8) is 0 Å². The summed E-state index contributed by atoms with van der Waals surface area (Å²) < 4.78 is 0. The van der Waals surface area contributed by atoms with Crippen molar-refractivity contribution in [2.45, 2.75) is 44.1 Å². The van der Waals surface area contributed by atoms with E-state index in [9.17, 15) is 14.7 Å². The number of hydrogen-bond acceptors (Lipinski definition) is 3. The van der Waals surface area contributed by atoms with Gasteiger partial charge in [0, 0.05) is 51.6 Å². The van der Waals surface area contributed by atoms with Crippen LogP contribution in [0.3, 0.4) is 0 Å². The molecule has 0 aromatic heterocycles. The van der Waals surface area contributed by atoms with Crippen LogP contribution in [-0.2, 0) is 11.2 Å². The molecule has 2 atom stereocenters. The molecule has 1 aromatic rings. The fourth-order valence-electron chi connectivity index (χ4n) is 4.87. The smallest absolute Gasteiger partial charge is 0.320 e. The molecule has 3 fully saturated rings. The van der Waals surface area contributed by atoms with Crippen molar-refractivity contribution in [2.24, 2.45) is 5.92 Å². The van der Waals surface area contributed by atoms with Crippen LogP contribution in [0.4, 0.5) is 4.79 Å². The molecule has 3 aliphatic rings. The maximum atomic E-state index is 12.7. The third-order valence-corrected chi connectivity index (χ3v) is 6.74. The van der Waals surface area contributed by atoms with E-state index in [0.717, 1.165) is 32.4 Å². The molecular weight excluding hydrogens is 354 g/mol. The number of aliphatic hydroxyl groups is 1. The molecule has 0 spiro atoms. The van der Waals surface area contributed by atoms with Gasteiger partial charge >= 0.3 is 6.03 Å². The molecule has 1 aromatic carbocycles. The summed E-state index contributed by atoms with van der Waals surface area (Å²) in [6.07, 6.45) is 4.62. The van der Waals surface area contributed by atoms with E-state index in [4.69, 9.17) is 0 Å². The van der Waals surface area contributed by atoms with Crippen molar-refractivity contribution in [1.82, 2.24) is 14.7 Å². The lowest BCUT2D eigenvalue weighted by Gasteiger charge is -2.50. The van der Waals surface area contributed by atoms with Gasteiger partial charge in [-0.2, -0.15) is 0 Å². The molecule has 28 heavy (non-hydrogen) atoms. The molecule has 4 rings (SSSR count). The molecule has 3 aliphatic heterocycles. The summed E-state index contributed by atoms with van der Waals surface area (Å²) in [5.41, 5.74) is 0.433. The Bertz CT molecular complexity index is 704. The monoisotopic (exact) mass is 385 g/mol. The van der Waals surface area contributed by atoms with Gasteiger partial charge in [0.2, 0.25) is 5.91 Å². The number of fused-ring (bicyclic) bond motifs is 1. The number of likely N-dealkylation sites (tertiary alicyclic amines) is 3. The number of carbonyl (C=O) groups excluding carboxylic acids is 2. The highest BCUT2D eigenvalue weighted by atomic mass is 16.3. The first-order valence-electron chi connectivity index (χ1n) is 10.6. The number of rotatable bonds is 3. The molecule has 3 saturated heterocycles. The summed E-state index contributed by atoms with van der Waals surface area (Å²) in [6.45, 7) is 4.01. The maximum absolute atomic E-state index is 12.7. The molecule has 0 bridgehead atoms. The van der Waals surface area contributed by atoms with Crippen molar-refractivity contribution < 1.29 is 14.7 Å². The molecule has 0 saturated carbocycles. The Balaban J connectivity index is 1.34. The highest BCUT2D eigenvalue weighted by molar-refractivity contribution is 5.77. The van der Waals surface area contributed by atoms with Crippen LogP contribution in [-0.4, -0.2) is 76.6 Å². The van der Waals surface area contributed by atoms with E-state index in [1.807, 2.05) is 45.0 Å². The van der Waals surface area contributed by atoms with Gasteiger partial charge in [-0.15, -0.1) is 0 Å². The van der Waals surface area contributed by atoms with E-state index in [1.165, 1.54) is 5.56 Å². The van der Waals surface area contributed by atoms with Crippen molar-refractivity contribution in [3.8, 4) is 0 Å². The number of benzene rings is 1. The Labute approximate surface area is 167 Å². The summed E-state index contributed by atoms with van der Waals surface area (Å²) in [6, 6.07) is 10.2. The van der Waals surface area contributed by atoms with Gasteiger partial charge in [0.25, 0.3) is 0 Å². The number of amides is 3. The number of piperidine rings is 2. The van der Waals surface area contributed by atoms with Gasteiger partial charge in [-0.1, -0.05) is 30.3 Å². The number of urea groups is 1. The Morgan fingerprint density at radius 1 is 0.929 bits per heavy atom. The Hall–Kier alpha value is -2.08. The van der Waals surface area contributed by atoms with E-state index in [1.54, 1.807) is 0 Å². The summed E-state index contributed by atoms with van der Waals surface area (Å²) in [5, 5.41) is 11.1. The van der Waals surface area contributed by atoms with E-state index in [2.05, 4.69) is 0 Å². The predicted molar refractivity (Wildman–Crippen MR) is 107 cm³/mol. The average Bonchev–Trinajstić information content (AvgIpc) is 3.26. The van der Waals surface area contributed by atoms with Crippen LogP contribution in [0, 0.1) is 5.92 Å². The van der Waals surface area contributed by atoms with Crippen molar-refractivity contribution in [1.29, 1.82) is 0 Å². The number of aryl methyl sites for hydroxylation is 1. The largest absolute Gasteiger partial charge is 0.389 e. The number of carbonyl (C=O) groups is 2. The van der Waals surface area contributed by atoms with Gasteiger partial charge in [-0.3, -0.25) is 4.79 Å². The van der Waals surface area contributed by atoms with E-state index in [-0.39, 0.29) is 17.9 Å². The second-order valence-corrected chi connectivity index (χ2v) is 8.55. The molecule has 1 N–H and O–H groups in total. The predicted octanol–water partition coefficient (Wildman–Crippen LogP) is 2.12. The normalized spacial score (nSPS) is 27.6. The van der Waals surface area contributed by atoms with Gasteiger partial charge in [0.1, 0.15) is 0 Å². The van der Waals surface area contributed by atoms with Crippen LogP contribution >= 0.6 is 0 Å². The van der Waals surface area contributed by atoms with Crippen LogP contribution in [0.2, 0.25) is 0 Å². The highest BCUT2D eigenvalue weighted by Gasteiger charge is 2.47. The zero-order chi connectivity index (χ0) is 19.6. The van der Waals surface area contributed by atoms with E-state index in [0.29, 0.717) is 45.4 Å². The summed E-state index contributed by atoms with van der Waals surface area (Å²) >= 11 is 0. The van der Waals surface area contributed by atoms with Gasteiger partial charge < -0.3 is 19.8 Å². The molecule has 152 valence electrons. The van der Waals surface area contributed by atoms with Gasteiger partial charge in [0.05, 0.1) is 5.60 Å². The molecule has 6 nitrogen and oxygen atoms in total. The van der Waals surface area contributed by atoms with Crippen LogP contribution in [0.5, 0.6) is 0 Å². The standard InChI is InChI=1S/C22H31N3O3/c26-20(9-8-18-6-2-1-3-7-18)24-14-10-22(28)11-15-25(17-19(22)16-24)21(27)23-12-4-5-13-23/h1-3,6-7,19,28H,4-5,8-17H2/t19-,22-/m1/s1. The van der Waals surface area contributed by atoms with Crippen molar-refractivity contribution >= 4 is 11.9 Å². The fraction of sp³-hybridized carbons (Fsp3) is 0.636. The third-order valence-electron chi connectivity index (χ3n) is 6.74. The highest BCUT2D eigenvalue weighted by Crippen LogP contribution is 2.36. The minimum absolute atomic E-state index is 0.0535. The lowest BCUT2D eigenvalue weighted by molar-refractivity contribution is -0.145. The average molecular weight is 386 g/mol. The second kappa shape index (κ2) is 8.11. The quantitative estimate of drug-likeness (QED) is 0.867. The lowest BCUT2D eigenvalue weighted by atomic mass is 9.75. The molecule has 0 unspecified atom stereocenters. The van der Waals surface area contributed by atoms with Gasteiger partial charge in [-0.25, -0.2) is 4.79 Å². The molecule has 0 radical (unpaired) electrons. The van der Waals surface area contributed by atoms with E-state index < -0.39 is 5.60 Å².